The van der Waals surface area contributed by atoms with Crippen LogP contribution in [0.25, 0.3) is 0 Å². The maximum absolute atomic E-state index is 13.0. The maximum Gasteiger partial charge on any atom is 0.257 e. The van der Waals surface area contributed by atoms with E-state index in [4.69, 9.17) is 10.00 Å². The highest BCUT2D eigenvalue weighted by Gasteiger charge is 2.14. The molecule has 20 heavy (non-hydrogen) atoms. The van der Waals surface area contributed by atoms with Crippen molar-refractivity contribution in [2.75, 3.05) is 12.4 Å². The van der Waals surface area contributed by atoms with Gasteiger partial charge in [-0.25, -0.2) is 4.39 Å². The fraction of sp³-hybridized carbons (Fsp3) is 0.0714. The van der Waals surface area contributed by atoms with E-state index in [2.05, 4.69) is 10.3 Å². The van der Waals surface area contributed by atoms with Gasteiger partial charge in [-0.1, -0.05) is 6.07 Å². The van der Waals surface area contributed by atoms with Gasteiger partial charge in [0.15, 0.2) is 0 Å². The molecule has 1 N–H and O–H groups in total. The van der Waals surface area contributed by atoms with Crippen LogP contribution in [0.5, 0.6) is 5.75 Å². The van der Waals surface area contributed by atoms with Crippen molar-refractivity contribution in [3.8, 4) is 11.8 Å². The van der Waals surface area contributed by atoms with E-state index >= 15 is 0 Å². The molecule has 6 heteroatoms. The molecule has 0 bridgehead atoms. The number of amides is 1. The monoisotopic (exact) mass is 271 g/mol. The quantitative estimate of drug-likeness (QED) is 0.929. The molecule has 1 heterocycles. The molecule has 2 rings (SSSR count). The highest BCUT2D eigenvalue weighted by molar-refractivity contribution is 6.05. The number of benzene rings is 1. The van der Waals surface area contributed by atoms with E-state index in [-0.39, 0.29) is 16.8 Å². The van der Waals surface area contributed by atoms with Crippen LogP contribution in [0.1, 0.15) is 15.9 Å². The van der Waals surface area contributed by atoms with Gasteiger partial charge in [0.25, 0.3) is 5.91 Å². The average Bonchev–Trinajstić information content (AvgIpc) is 2.47. The lowest BCUT2D eigenvalue weighted by Crippen LogP contribution is -2.14. The highest BCUT2D eigenvalue weighted by Crippen LogP contribution is 2.28. The summed E-state index contributed by atoms with van der Waals surface area (Å²) < 4.78 is 18.1. The second-order valence-corrected chi connectivity index (χ2v) is 3.84. The Morgan fingerprint density at radius 2 is 2.25 bits per heavy atom. The number of hydrogen-bond donors (Lipinski definition) is 1. The van der Waals surface area contributed by atoms with Gasteiger partial charge in [-0.2, -0.15) is 5.26 Å². The summed E-state index contributed by atoms with van der Waals surface area (Å²) in [4.78, 5) is 15.6. The van der Waals surface area contributed by atoms with Crippen molar-refractivity contribution in [1.29, 1.82) is 5.26 Å². The van der Waals surface area contributed by atoms with Crippen LogP contribution in [0.15, 0.2) is 36.7 Å². The second-order valence-electron chi connectivity index (χ2n) is 3.84. The number of ether oxygens (including phenoxy) is 1. The molecule has 0 atom stereocenters. The normalized spacial score (nSPS) is 9.65. The number of anilines is 1. The van der Waals surface area contributed by atoms with E-state index in [1.165, 1.54) is 13.3 Å². The SMILES string of the molecule is COc1cccc(C#N)c1NC(=O)c1cncc(F)c1. The average molecular weight is 271 g/mol. The lowest BCUT2D eigenvalue weighted by molar-refractivity contribution is 0.102. The first kappa shape index (κ1) is 13.5. The molecule has 0 aliphatic carbocycles. The van der Waals surface area contributed by atoms with Crippen LogP contribution < -0.4 is 10.1 Å². The third kappa shape index (κ3) is 2.72. The highest BCUT2D eigenvalue weighted by atomic mass is 19.1. The zero-order valence-electron chi connectivity index (χ0n) is 10.6. The lowest BCUT2D eigenvalue weighted by atomic mass is 10.1. The fourth-order valence-electron chi connectivity index (χ4n) is 1.65. The molecular weight excluding hydrogens is 261 g/mol. The number of nitrogens with zero attached hydrogens (tertiary/aromatic N) is 2. The van der Waals surface area contributed by atoms with Gasteiger partial charge in [-0.05, 0) is 18.2 Å². The molecule has 0 fully saturated rings. The number of rotatable bonds is 3. The van der Waals surface area contributed by atoms with Crippen molar-refractivity contribution in [1.82, 2.24) is 4.98 Å². The topological polar surface area (TPSA) is 75.0 Å². The Kier molecular flexibility index (Phi) is 3.91. The molecule has 2 aromatic rings. The molecule has 0 aliphatic rings. The Hall–Kier alpha value is -2.94. The number of nitriles is 1. The minimum Gasteiger partial charge on any atom is -0.495 e. The Bertz CT molecular complexity index is 695. The predicted octanol–water partition coefficient (Wildman–Crippen LogP) is 2.35. The third-order valence-corrected chi connectivity index (χ3v) is 2.57. The van der Waals surface area contributed by atoms with Gasteiger partial charge in [0.1, 0.15) is 23.3 Å². The smallest absolute Gasteiger partial charge is 0.257 e. The number of halogens is 1. The first-order valence-electron chi connectivity index (χ1n) is 5.64. The first-order valence-corrected chi connectivity index (χ1v) is 5.64. The number of aromatic nitrogens is 1. The summed E-state index contributed by atoms with van der Waals surface area (Å²) in [5, 5.41) is 11.6. The van der Waals surface area contributed by atoms with E-state index in [1.54, 1.807) is 18.2 Å². The first-order chi connectivity index (χ1) is 9.65. The maximum atomic E-state index is 13.0. The number of methoxy groups -OCH3 is 1. The zero-order chi connectivity index (χ0) is 14.5. The Morgan fingerprint density at radius 1 is 1.45 bits per heavy atom. The molecule has 0 radical (unpaired) electrons. The molecule has 0 aliphatic heterocycles. The summed E-state index contributed by atoms with van der Waals surface area (Å²) in [5.41, 5.74) is 0.550. The van der Waals surface area contributed by atoms with Crippen molar-refractivity contribution in [2.45, 2.75) is 0 Å². The number of carbonyl (C=O) groups is 1. The summed E-state index contributed by atoms with van der Waals surface area (Å²) in [6.07, 6.45) is 2.24. The van der Waals surface area contributed by atoms with Crippen molar-refractivity contribution in [2.24, 2.45) is 0 Å². The van der Waals surface area contributed by atoms with Crippen LogP contribution in [0.4, 0.5) is 10.1 Å². The molecule has 1 aromatic carbocycles. The van der Waals surface area contributed by atoms with Crippen LogP contribution in [0.3, 0.4) is 0 Å². The molecule has 1 amide bonds. The van der Waals surface area contributed by atoms with Gasteiger partial charge in [-0.3, -0.25) is 9.78 Å². The summed E-state index contributed by atoms with van der Waals surface area (Å²) >= 11 is 0. The van der Waals surface area contributed by atoms with E-state index in [0.29, 0.717) is 5.75 Å². The van der Waals surface area contributed by atoms with Crippen LogP contribution >= 0.6 is 0 Å². The van der Waals surface area contributed by atoms with Gasteiger partial charge in [-0.15, -0.1) is 0 Å². The molecule has 5 nitrogen and oxygen atoms in total. The van der Waals surface area contributed by atoms with Gasteiger partial charge in [0.2, 0.25) is 0 Å². The van der Waals surface area contributed by atoms with Crippen molar-refractivity contribution < 1.29 is 13.9 Å². The summed E-state index contributed by atoms with van der Waals surface area (Å²) in [7, 11) is 1.43. The third-order valence-electron chi connectivity index (χ3n) is 2.57. The standard InChI is InChI=1S/C14H10FN3O2/c1-20-12-4-2-3-9(6-16)13(12)18-14(19)10-5-11(15)8-17-7-10/h2-5,7-8H,1H3,(H,18,19). The fourth-order valence-corrected chi connectivity index (χ4v) is 1.65. The number of pyridine rings is 1. The van der Waals surface area contributed by atoms with E-state index in [9.17, 15) is 9.18 Å². The Labute approximate surface area is 114 Å². The molecule has 1 aromatic heterocycles. The molecule has 0 unspecified atom stereocenters. The van der Waals surface area contributed by atoms with E-state index in [0.717, 1.165) is 12.3 Å². The molecular formula is C14H10FN3O2. The minimum absolute atomic E-state index is 0.0554. The summed E-state index contributed by atoms with van der Waals surface area (Å²) in [5.74, 6) is -0.835. The van der Waals surface area contributed by atoms with Crippen LogP contribution in [-0.2, 0) is 0 Å². The second kappa shape index (κ2) is 5.80. The van der Waals surface area contributed by atoms with Crippen LogP contribution in [0, 0.1) is 17.1 Å². The van der Waals surface area contributed by atoms with Gasteiger partial charge in [0.05, 0.1) is 24.4 Å². The largest absolute Gasteiger partial charge is 0.495 e. The van der Waals surface area contributed by atoms with E-state index < -0.39 is 11.7 Å². The number of nitrogens with one attached hydrogen (secondary N) is 1. The minimum atomic E-state index is -0.613. The molecule has 0 spiro atoms. The van der Waals surface area contributed by atoms with Crippen LogP contribution in [0.2, 0.25) is 0 Å². The van der Waals surface area contributed by atoms with E-state index in [1.807, 2.05) is 6.07 Å². The number of para-hydroxylation sites is 1. The number of carbonyl (C=O) groups excluding carboxylic acids is 1. The number of hydrogen-bond acceptors (Lipinski definition) is 4. The van der Waals surface area contributed by atoms with Crippen molar-refractivity contribution in [3.63, 3.8) is 0 Å². The van der Waals surface area contributed by atoms with Crippen molar-refractivity contribution >= 4 is 11.6 Å². The predicted molar refractivity (Wildman–Crippen MR) is 69.9 cm³/mol. The van der Waals surface area contributed by atoms with Gasteiger partial charge >= 0.3 is 0 Å². The van der Waals surface area contributed by atoms with Crippen molar-refractivity contribution in [3.05, 3.63) is 53.6 Å². The zero-order valence-corrected chi connectivity index (χ0v) is 10.6. The molecule has 0 saturated heterocycles. The Balaban J connectivity index is 2.35. The summed E-state index contributed by atoms with van der Waals surface area (Å²) in [6.45, 7) is 0. The van der Waals surface area contributed by atoms with Crippen LogP contribution in [-0.4, -0.2) is 18.0 Å². The lowest BCUT2D eigenvalue weighted by Gasteiger charge is -2.11. The van der Waals surface area contributed by atoms with Gasteiger partial charge in [0, 0.05) is 6.20 Å². The Morgan fingerprint density at radius 3 is 2.90 bits per heavy atom. The molecule has 0 saturated carbocycles. The summed E-state index contributed by atoms with van der Waals surface area (Å²) in [6, 6.07) is 7.80. The molecule has 100 valence electrons. The van der Waals surface area contributed by atoms with Gasteiger partial charge < -0.3 is 10.1 Å².